The Balaban J connectivity index is 1.50. The minimum Gasteiger partial charge on any atom is -0.379 e. The molecule has 196 valence electrons. The van der Waals surface area contributed by atoms with Crippen LogP contribution in [-0.2, 0) is 32.6 Å². The van der Waals surface area contributed by atoms with E-state index in [0.717, 1.165) is 55.1 Å². The smallest absolute Gasteiger partial charge is 0.264 e. The number of nitrogens with zero attached hydrogens (tertiary/aromatic N) is 2. The van der Waals surface area contributed by atoms with Gasteiger partial charge in [-0.15, -0.1) is 0 Å². The highest BCUT2D eigenvalue weighted by Gasteiger charge is 2.28. The molecule has 0 aliphatic carbocycles. The van der Waals surface area contributed by atoms with Crippen LogP contribution in [0.5, 0.6) is 0 Å². The first-order chi connectivity index (χ1) is 17.7. The molecule has 0 bridgehead atoms. The molecule has 1 aliphatic heterocycles. The van der Waals surface area contributed by atoms with Gasteiger partial charge in [0.15, 0.2) is 0 Å². The Bertz CT molecular complexity index is 1330. The first kappa shape index (κ1) is 26.9. The van der Waals surface area contributed by atoms with Crippen LogP contribution in [0.2, 0.25) is 0 Å². The quantitative estimate of drug-likeness (QED) is 0.461. The highest BCUT2D eigenvalue weighted by Crippen LogP contribution is 2.28. The van der Waals surface area contributed by atoms with Gasteiger partial charge in [0.05, 0.1) is 23.8 Å². The second-order valence-electron chi connectivity index (χ2n) is 9.60. The van der Waals surface area contributed by atoms with E-state index in [2.05, 4.69) is 22.3 Å². The van der Waals surface area contributed by atoms with Gasteiger partial charge in [0, 0.05) is 26.2 Å². The second kappa shape index (κ2) is 11.9. The summed E-state index contributed by atoms with van der Waals surface area (Å²) in [7, 11) is -3.95. The predicted octanol–water partition coefficient (Wildman–Crippen LogP) is 3.96. The molecular weight excluding hydrogens is 486 g/mol. The number of carbonyl (C=O) groups excluding carboxylic acids is 1. The molecular formula is C29H35N3O4S. The molecule has 0 atom stereocenters. The molecule has 4 rings (SSSR count). The lowest BCUT2D eigenvalue weighted by Gasteiger charge is -2.27. The number of aryl methyl sites for hydroxylation is 3. The Morgan fingerprint density at radius 1 is 0.919 bits per heavy atom. The molecule has 1 N–H and O–H groups in total. The van der Waals surface area contributed by atoms with E-state index in [1.54, 1.807) is 24.3 Å². The lowest BCUT2D eigenvalue weighted by molar-refractivity contribution is -0.119. The molecule has 1 saturated heterocycles. The number of carbonyl (C=O) groups is 1. The number of hydrogen-bond donors (Lipinski definition) is 1. The highest BCUT2D eigenvalue weighted by atomic mass is 32.2. The molecule has 1 fully saturated rings. The molecule has 7 nitrogen and oxygen atoms in total. The Hall–Kier alpha value is -3.20. The van der Waals surface area contributed by atoms with Gasteiger partial charge in [0.25, 0.3) is 10.0 Å². The normalized spacial score (nSPS) is 14.4. The summed E-state index contributed by atoms with van der Waals surface area (Å²) in [4.78, 5) is 15.6. The Morgan fingerprint density at radius 2 is 1.59 bits per heavy atom. The standard InChI is InChI=1S/C29H35N3O4S/c1-22-8-11-27(12-9-22)37(34,35)32(28-17-23(2)7-10-24(28)3)21-29(33)30-19-25-5-4-6-26(18-25)20-31-13-15-36-16-14-31/h4-12,17-18H,13-16,19-21H2,1-3H3,(H,30,33). The molecule has 8 heteroatoms. The number of sulfonamides is 1. The largest absolute Gasteiger partial charge is 0.379 e. The van der Waals surface area contributed by atoms with Crippen LogP contribution in [0.3, 0.4) is 0 Å². The Kier molecular flexibility index (Phi) is 8.63. The fourth-order valence-corrected chi connectivity index (χ4v) is 5.85. The van der Waals surface area contributed by atoms with Crippen LogP contribution in [0.1, 0.15) is 27.8 Å². The maximum Gasteiger partial charge on any atom is 0.264 e. The molecule has 0 spiro atoms. The van der Waals surface area contributed by atoms with Crippen molar-refractivity contribution in [1.82, 2.24) is 10.2 Å². The first-order valence-corrected chi connectivity index (χ1v) is 14.0. The van der Waals surface area contributed by atoms with Crippen LogP contribution in [0.15, 0.2) is 71.6 Å². The zero-order valence-corrected chi connectivity index (χ0v) is 22.6. The summed E-state index contributed by atoms with van der Waals surface area (Å²) in [6.07, 6.45) is 0. The molecule has 1 aliphatic rings. The Labute approximate surface area is 220 Å². The SMILES string of the molecule is Cc1ccc(S(=O)(=O)N(CC(=O)NCc2cccc(CN3CCOCC3)c2)c2cc(C)ccc2C)cc1. The second-order valence-corrected chi connectivity index (χ2v) is 11.5. The van der Waals surface area contributed by atoms with E-state index in [9.17, 15) is 13.2 Å². The van der Waals surface area contributed by atoms with Crippen molar-refractivity contribution in [3.63, 3.8) is 0 Å². The van der Waals surface area contributed by atoms with Crippen molar-refractivity contribution >= 4 is 21.6 Å². The molecule has 1 heterocycles. The van der Waals surface area contributed by atoms with Crippen molar-refractivity contribution in [1.29, 1.82) is 0 Å². The molecule has 3 aromatic rings. The van der Waals surface area contributed by atoms with E-state index in [0.29, 0.717) is 12.2 Å². The van der Waals surface area contributed by atoms with Gasteiger partial charge in [-0.1, -0.05) is 54.1 Å². The van der Waals surface area contributed by atoms with Gasteiger partial charge >= 0.3 is 0 Å². The summed E-state index contributed by atoms with van der Waals surface area (Å²) in [5.41, 5.74) is 5.31. The van der Waals surface area contributed by atoms with Gasteiger partial charge < -0.3 is 10.1 Å². The Morgan fingerprint density at radius 3 is 2.32 bits per heavy atom. The lowest BCUT2D eigenvalue weighted by atomic mass is 10.1. The van der Waals surface area contributed by atoms with Crippen LogP contribution in [0.25, 0.3) is 0 Å². The van der Waals surface area contributed by atoms with E-state index < -0.39 is 10.0 Å². The molecule has 3 aromatic carbocycles. The number of rotatable bonds is 9. The average Bonchev–Trinajstić information content (AvgIpc) is 2.88. The summed E-state index contributed by atoms with van der Waals surface area (Å²) >= 11 is 0. The van der Waals surface area contributed by atoms with E-state index in [-0.39, 0.29) is 17.3 Å². The number of nitrogens with one attached hydrogen (secondary N) is 1. The maximum atomic E-state index is 13.7. The van der Waals surface area contributed by atoms with Gasteiger partial charge in [-0.3, -0.25) is 14.0 Å². The van der Waals surface area contributed by atoms with Crippen molar-refractivity contribution in [2.75, 3.05) is 37.2 Å². The van der Waals surface area contributed by atoms with Gasteiger partial charge in [-0.2, -0.15) is 0 Å². The number of amides is 1. The molecule has 37 heavy (non-hydrogen) atoms. The fourth-order valence-electron chi connectivity index (χ4n) is 4.37. The van der Waals surface area contributed by atoms with Crippen LogP contribution in [-0.4, -0.2) is 52.1 Å². The zero-order chi connectivity index (χ0) is 26.4. The third-order valence-electron chi connectivity index (χ3n) is 6.52. The van der Waals surface area contributed by atoms with Gasteiger partial charge in [-0.05, 0) is 61.2 Å². The van der Waals surface area contributed by atoms with E-state index in [1.807, 2.05) is 51.1 Å². The maximum absolute atomic E-state index is 13.7. The minimum atomic E-state index is -3.95. The average molecular weight is 522 g/mol. The fraction of sp³-hybridized carbons (Fsp3) is 0.345. The molecule has 1 amide bonds. The van der Waals surface area contributed by atoms with Crippen molar-refractivity contribution in [3.8, 4) is 0 Å². The summed E-state index contributed by atoms with van der Waals surface area (Å²) in [5.74, 6) is -0.366. The van der Waals surface area contributed by atoms with Crippen molar-refractivity contribution < 1.29 is 17.9 Å². The van der Waals surface area contributed by atoms with Crippen molar-refractivity contribution in [2.45, 2.75) is 38.8 Å². The third-order valence-corrected chi connectivity index (χ3v) is 8.29. The summed E-state index contributed by atoms with van der Waals surface area (Å²) in [5, 5.41) is 2.92. The number of morpholine rings is 1. The summed E-state index contributed by atoms with van der Waals surface area (Å²) < 4.78 is 34.0. The van der Waals surface area contributed by atoms with Gasteiger partial charge in [0.2, 0.25) is 5.91 Å². The molecule has 0 aromatic heterocycles. The monoisotopic (exact) mass is 521 g/mol. The lowest BCUT2D eigenvalue weighted by Crippen LogP contribution is -2.41. The van der Waals surface area contributed by atoms with Crippen LogP contribution >= 0.6 is 0 Å². The molecule has 0 unspecified atom stereocenters. The van der Waals surface area contributed by atoms with E-state index in [1.165, 1.54) is 9.87 Å². The van der Waals surface area contributed by atoms with Crippen molar-refractivity contribution in [2.24, 2.45) is 0 Å². The topological polar surface area (TPSA) is 79.0 Å². The highest BCUT2D eigenvalue weighted by molar-refractivity contribution is 7.92. The first-order valence-electron chi connectivity index (χ1n) is 12.5. The number of ether oxygens (including phenoxy) is 1. The van der Waals surface area contributed by atoms with E-state index >= 15 is 0 Å². The van der Waals surface area contributed by atoms with Crippen molar-refractivity contribution in [3.05, 3.63) is 94.5 Å². The summed E-state index contributed by atoms with van der Waals surface area (Å²) in [6.45, 7) is 9.82. The predicted molar refractivity (Wildman–Crippen MR) is 146 cm³/mol. The third kappa shape index (κ3) is 6.97. The van der Waals surface area contributed by atoms with Crippen LogP contribution < -0.4 is 9.62 Å². The molecule has 0 radical (unpaired) electrons. The summed E-state index contributed by atoms with van der Waals surface area (Å²) in [6, 6.07) is 20.4. The minimum absolute atomic E-state index is 0.155. The zero-order valence-electron chi connectivity index (χ0n) is 21.7. The van der Waals surface area contributed by atoms with E-state index in [4.69, 9.17) is 4.74 Å². The van der Waals surface area contributed by atoms with Gasteiger partial charge in [0.1, 0.15) is 6.54 Å². The number of anilines is 1. The molecule has 0 saturated carbocycles. The number of benzene rings is 3. The van der Waals surface area contributed by atoms with Crippen LogP contribution in [0.4, 0.5) is 5.69 Å². The number of hydrogen-bond acceptors (Lipinski definition) is 5. The van der Waals surface area contributed by atoms with Crippen LogP contribution in [0, 0.1) is 20.8 Å². The van der Waals surface area contributed by atoms with Gasteiger partial charge in [-0.25, -0.2) is 8.42 Å².